The zero-order chi connectivity index (χ0) is 9.59. The van der Waals surface area contributed by atoms with Crippen LogP contribution in [0, 0.1) is 6.92 Å². The Hall–Kier alpha value is -1.78. The van der Waals surface area contributed by atoms with Crippen molar-refractivity contribution in [2.24, 2.45) is 7.05 Å². The van der Waals surface area contributed by atoms with E-state index in [-0.39, 0.29) is 5.39 Å². The van der Waals surface area contributed by atoms with Gasteiger partial charge < -0.3 is 4.42 Å². The molecule has 0 fully saturated rings. The normalized spacial score (nSPS) is 10.9. The summed E-state index contributed by atoms with van der Waals surface area (Å²) in [5.74, 6) is 0.493. The van der Waals surface area contributed by atoms with Gasteiger partial charge in [0.15, 0.2) is 5.39 Å². The largest absolute Gasteiger partial charge is 0.427 e. The van der Waals surface area contributed by atoms with E-state index in [1.54, 1.807) is 20.0 Å². The number of hydrogen-bond donors (Lipinski definition) is 1. The minimum atomic E-state index is -0.586. The number of H-pyrrole nitrogens is 1. The monoisotopic (exact) mass is 180 g/mol. The van der Waals surface area contributed by atoms with Crippen LogP contribution in [0.5, 0.6) is 0 Å². The first-order chi connectivity index (χ1) is 6.09. The van der Waals surface area contributed by atoms with Gasteiger partial charge in [0.1, 0.15) is 5.76 Å². The second kappa shape index (κ2) is 2.35. The Morgan fingerprint density at radius 3 is 2.85 bits per heavy atom. The van der Waals surface area contributed by atoms with Gasteiger partial charge in [0.25, 0.3) is 5.56 Å². The van der Waals surface area contributed by atoms with Crippen molar-refractivity contribution < 1.29 is 4.42 Å². The summed E-state index contributed by atoms with van der Waals surface area (Å²) in [7, 11) is 1.67. The molecule has 13 heavy (non-hydrogen) atoms. The average Bonchev–Trinajstić information content (AvgIpc) is 2.27. The molecule has 68 valence electrons. The van der Waals surface area contributed by atoms with Crippen molar-refractivity contribution in [3.05, 3.63) is 32.6 Å². The van der Waals surface area contributed by atoms with E-state index in [1.807, 2.05) is 0 Å². The Balaban J connectivity index is 3.16. The van der Waals surface area contributed by atoms with Crippen LogP contribution in [-0.4, -0.2) is 9.78 Å². The van der Waals surface area contributed by atoms with E-state index in [2.05, 4.69) is 5.10 Å². The lowest BCUT2D eigenvalue weighted by molar-refractivity contribution is 0.488. The van der Waals surface area contributed by atoms with Gasteiger partial charge in [-0.25, -0.2) is 4.79 Å². The van der Waals surface area contributed by atoms with E-state index >= 15 is 0 Å². The molecular formula is C8H8N2O3. The molecule has 0 amide bonds. The Kier molecular flexibility index (Phi) is 1.42. The van der Waals surface area contributed by atoms with Crippen molar-refractivity contribution in [1.29, 1.82) is 0 Å². The quantitative estimate of drug-likeness (QED) is 0.626. The molecule has 0 unspecified atom stereocenters. The number of aromatic nitrogens is 2. The van der Waals surface area contributed by atoms with Crippen molar-refractivity contribution in [3.8, 4) is 0 Å². The third-order valence-corrected chi connectivity index (χ3v) is 1.91. The highest BCUT2D eigenvalue weighted by molar-refractivity contribution is 5.76. The number of fused-ring (bicyclic) bond motifs is 1. The highest BCUT2D eigenvalue weighted by Gasteiger charge is 2.09. The molecule has 0 aromatic carbocycles. The average molecular weight is 180 g/mol. The van der Waals surface area contributed by atoms with E-state index in [0.717, 1.165) is 0 Å². The fourth-order valence-electron chi connectivity index (χ4n) is 1.34. The molecule has 5 heteroatoms. The van der Waals surface area contributed by atoms with Gasteiger partial charge in [-0.15, -0.1) is 0 Å². The summed E-state index contributed by atoms with van der Waals surface area (Å²) in [6.07, 6.45) is 0. The van der Waals surface area contributed by atoms with Crippen LogP contribution < -0.4 is 11.2 Å². The molecular weight excluding hydrogens is 172 g/mol. The van der Waals surface area contributed by atoms with Crippen LogP contribution in [0.15, 0.2) is 20.1 Å². The molecule has 2 rings (SSSR count). The fraction of sp³-hybridized carbons (Fsp3) is 0.250. The van der Waals surface area contributed by atoms with Crippen LogP contribution in [0.2, 0.25) is 0 Å². The van der Waals surface area contributed by atoms with Crippen molar-refractivity contribution in [2.45, 2.75) is 6.92 Å². The van der Waals surface area contributed by atoms with Crippen molar-refractivity contribution in [1.82, 2.24) is 9.78 Å². The highest BCUT2D eigenvalue weighted by atomic mass is 16.4. The number of aryl methyl sites for hydroxylation is 2. The topological polar surface area (TPSA) is 68.0 Å². The minimum Gasteiger partial charge on any atom is -0.427 e. The number of nitrogens with one attached hydrogen (secondary N) is 1. The van der Waals surface area contributed by atoms with Crippen molar-refractivity contribution in [2.75, 3.05) is 0 Å². The van der Waals surface area contributed by atoms with Crippen molar-refractivity contribution in [3.63, 3.8) is 0 Å². The summed E-state index contributed by atoms with van der Waals surface area (Å²) in [6, 6.07) is 1.65. The number of nitrogens with zero attached hydrogens (tertiary/aromatic N) is 1. The van der Waals surface area contributed by atoms with E-state index in [9.17, 15) is 9.59 Å². The molecule has 0 aliphatic carbocycles. The van der Waals surface area contributed by atoms with E-state index < -0.39 is 11.2 Å². The maximum atomic E-state index is 11.2. The molecule has 2 aromatic heterocycles. The van der Waals surface area contributed by atoms with Crippen molar-refractivity contribution >= 4 is 10.9 Å². The predicted molar refractivity (Wildman–Crippen MR) is 46.8 cm³/mol. The lowest BCUT2D eigenvalue weighted by Crippen LogP contribution is -2.09. The Bertz CT molecular complexity index is 573. The van der Waals surface area contributed by atoms with Gasteiger partial charge in [0.05, 0.1) is 5.52 Å². The molecule has 1 N–H and O–H groups in total. The molecule has 0 atom stereocenters. The summed E-state index contributed by atoms with van der Waals surface area (Å²) in [5.41, 5.74) is -0.429. The van der Waals surface area contributed by atoms with E-state index in [1.165, 1.54) is 4.68 Å². The fourth-order valence-corrected chi connectivity index (χ4v) is 1.34. The summed E-state index contributed by atoms with van der Waals surface area (Å²) >= 11 is 0. The SMILES string of the molecule is Cc1cc2c(c(=O)[nH]n2C)c(=O)o1. The van der Waals surface area contributed by atoms with Crippen LogP contribution in [0.3, 0.4) is 0 Å². The smallest absolute Gasteiger partial charge is 0.351 e. The number of aromatic amines is 1. The lowest BCUT2D eigenvalue weighted by Gasteiger charge is -1.93. The van der Waals surface area contributed by atoms with Crippen LogP contribution in [0.1, 0.15) is 5.76 Å². The first-order valence-corrected chi connectivity index (χ1v) is 3.79. The van der Waals surface area contributed by atoms with Gasteiger partial charge in [-0.2, -0.15) is 0 Å². The zero-order valence-electron chi connectivity index (χ0n) is 7.25. The van der Waals surface area contributed by atoms with Gasteiger partial charge >= 0.3 is 5.63 Å². The number of rotatable bonds is 0. The Morgan fingerprint density at radius 2 is 2.15 bits per heavy atom. The highest BCUT2D eigenvalue weighted by Crippen LogP contribution is 2.05. The van der Waals surface area contributed by atoms with Crippen LogP contribution in [0.25, 0.3) is 10.9 Å². The molecule has 0 aliphatic heterocycles. The van der Waals surface area contributed by atoms with Crippen LogP contribution in [0.4, 0.5) is 0 Å². The Morgan fingerprint density at radius 1 is 1.46 bits per heavy atom. The molecule has 2 aromatic rings. The third kappa shape index (κ3) is 1.00. The molecule has 0 radical (unpaired) electrons. The summed E-state index contributed by atoms with van der Waals surface area (Å²) in [6.45, 7) is 1.66. The summed E-state index contributed by atoms with van der Waals surface area (Å²) in [4.78, 5) is 22.4. The second-order valence-corrected chi connectivity index (χ2v) is 2.90. The van der Waals surface area contributed by atoms with Gasteiger partial charge in [-0.1, -0.05) is 0 Å². The summed E-state index contributed by atoms with van der Waals surface area (Å²) < 4.78 is 6.30. The van der Waals surface area contributed by atoms with Gasteiger partial charge in [0, 0.05) is 13.1 Å². The van der Waals surface area contributed by atoms with Crippen LogP contribution in [-0.2, 0) is 7.05 Å². The maximum Gasteiger partial charge on any atom is 0.351 e. The molecule has 2 heterocycles. The van der Waals surface area contributed by atoms with E-state index in [4.69, 9.17) is 4.42 Å². The van der Waals surface area contributed by atoms with Crippen LogP contribution >= 0.6 is 0 Å². The van der Waals surface area contributed by atoms with Gasteiger partial charge in [-0.05, 0) is 6.92 Å². The molecule has 0 spiro atoms. The second-order valence-electron chi connectivity index (χ2n) is 2.90. The predicted octanol–water partition coefficient (Wildman–Crippen LogP) is 0.128. The zero-order valence-corrected chi connectivity index (χ0v) is 7.25. The lowest BCUT2D eigenvalue weighted by atomic mass is 10.3. The number of hydrogen-bond acceptors (Lipinski definition) is 3. The first-order valence-electron chi connectivity index (χ1n) is 3.79. The molecule has 0 saturated heterocycles. The summed E-state index contributed by atoms with van der Waals surface area (Å²) in [5, 5.41) is 2.56. The van der Waals surface area contributed by atoms with Gasteiger partial charge in [-0.3, -0.25) is 14.6 Å². The molecule has 0 bridgehead atoms. The van der Waals surface area contributed by atoms with Gasteiger partial charge in [0.2, 0.25) is 0 Å². The minimum absolute atomic E-state index is 0.0769. The first kappa shape index (κ1) is 7.85. The maximum absolute atomic E-state index is 11.2. The molecule has 0 aliphatic rings. The Labute approximate surface area is 72.6 Å². The molecule has 0 saturated carbocycles. The standard InChI is InChI=1S/C8H8N2O3/c1-4-3-5-6(8(12)13-4)7(11)9-10(5)2/h3H,1-2H3,(H,9,11). The molecule has 5 nitrogen and oxygen atoms in total. The third-order valence-electron chi connectivity index (χ3n) is 1.91. The van der Waals surface area contributed by atoms with E-state index in [0.29, 0.717) is 11.3 Å².